The normalized spacial score (nSPS) is 12.0. The van der Waals surface area contributed by atoms with Gasteiger partial charge in [0.15, 0.2) is 0 Å². The van der Waals surface area contributed by atoms with Crippen LogP contribution in [0.1, 0.15) is 136 Å². The molecule has 0 aromatic heterocycles. The van der Waals surface area contributed by atoms with Gasteiger partial charge in [-0.3, -0.25) is 0 Å². The van der Waals surface area contributed by atoms with Crippen LogP contribution < -0.4 is 0 Å². The molecule has 0 aliphatic carbocycles. The molecule has 0 rings (SSSR count). The van der Waals surface area contributed by atoms with E-state index in [4.69, 9.17) is 0 Å². The van der Waals surface area contributed by atoms with E-state index in [0.29, 0.717) is 0 Å². The molecular formula is C24H51OP. The second kappa shape index (κ2) is 20.0. The summed E-state index contributed by atoms with van der Waals surface area (Å²) < 4.78 is 13.5. The molecule has 0 saturated carbocycles. The first kappa shape index (κ1) is 26.2. The molecule has 0 unspecified atom stereocenters. The van der Waals surface area contributed by atoms with E-state index in [1.54, 1.807) is 0 Å². The molecule has 0 fully saturated rings. The Labute approximate surface area is 166 Å². The molecule has 0 spiro atoms. The van der Waals surface area contributed by atoms with Crippen molar-refractivity contribution >= 4 is 7.14 Å². The predicted molar refractivity (Wildman–Crippen MR) is 122 cm³/mol. The van der Waals surface area contributed by atoms with Crippen LogP contribution in [-0.2, 0) is 4.57 Å². The van der Waals surface area contributed by atoms with Crippen LogP contribution in [0.2, 0.25) is 0 Å². The monoisotopic (exact) mass is 386 g/mol. The molecule has 0 aromatic carbocycles. The lowest BCUT2D eigenvalue weighted by molar-refractivity contribution is 0.555. The van der Waals surface area contributed by atoms with Crippen LogP contribution in [0.25, 0.3) is 0 Å². The van der Waals surface area contributed by atoms with Gasteiger partial charge in [0.25, 0.3) is 0 Å². The van der Waals surface area contributed by atoms with Gasteiger partial charge in [-0.25, -0.2) is 0 Å². The SMILES string of the molecule is CCCCCCCCP(=O)(CCCCCCCC)CCCCCCCC. The van der Waals surface area contributed by atoms with Crippen molar-refractivity contribution in [1.82, 2.24) is 0 Å². The third kappa shape index (κ3) is 17.6. The minimum atomic E-state index is -1.89. The van der Waals surface area contributed by atoms with Gasteiger partial charge >= 0.3 is 0 Å². The maximum atomic E-state index is 13.5. The first-order valence-electron chi connectivity index (χ1n) is 12.3. The summed E-state index contributed by atoms with van der Waals surface area (Å²) in [7, 11) is -1.89. The first-order chi connectivity index (χ1) is 12.7. The Kier molecular flexibility index (Phi) is 20.2. The number of hydrogen-bond acceptors (Lipinski definition) is 1. The van der Waals surface area contributed by atoms with E-state index < -0.39 is 7.14 Å². The summed E-state index contributed by atoms with van der Waals surface area (Å²) in [5.74, 6) is 0. The summed E-state index contributed by atoms with van der Waals surface area (Å²) in [5.41, 5.74) is 0. The van der Waals surface area contributed by atoms with E-state index in [1.165, 1.54) is 116 Å². The Bertz CT molecular complexity index is 266. The van der Waals surface area contributed by atoms with Gasteiger partial charge in [0.2, 0.25) is 0 Å². The fourth-order valence-corrected chi connectivity index (χ4v) is 6.95. The summed E-state index contributed by atoms with van der Waals surface area (Å²) in [5, 5.41) is 0. The van der Waals surface area contributed by atoms with E-state index in [9.17, 15) is 4.57 Å². The van der Waals surface area contributed by atoms with Gasteiger partial charge in [-0.15, -0.1) is 0 Å². The molecule has 1 nitrogen and oxygen atoms in total. The van der Waals surface area contributed by atoms with E-state index in [0.717, 1.165) is 18.5 Å². The van der Waals surface area contributed by atoms with Gasteiger partial charge in [0, 0.05) is 18.5 Å². The molecule has 0 amide bonds. The van der Waals surface area contributed by atoms with Crippen molar-refractivity contribution in [3.8, 4) is 0 Å². The topological polar surface area (TPSA) is 17.1 Å². The third-order valence-electron chi connectivity index (χ3n) is 5.76. The summed E-state index contributed by atoms with van der Waals surface area (Å²) in [4.78, 5) is 0. The first-order valence-corrected chi connectivity index (χ1v) is 14.5. The average molecular weight is 387 g/mol. The smallest absolute Gasteiger partial charge is 0.0877 e. The molecular weight excluding hydrogens is 335 g/mol. The fourth-order valence-electron chi connectivity index (χ4n) is 3.88. The van der Waals surface area contributed by atoms with E-state index >= 15 is 0 Å². The Morgan fingerprint density at radius 3 is 0.885 bits per heavy atom. The minimum Gasteiger partial charge on any atom is -0.324 e. The zero-order chi connectivity index (χ0) is 19.3. The number of rotatable bonds is 21. The maximum absolute atomic E-state index is 13.5. The Hall–Kier alpha value is 0.230. The predicted octanol–water partition coefficient (Wildman–Crippen LogP) is 9.43. The third-order valence-corrected chi connectivity index (χ3v) is 9.15. The van der Waals surface area contributed by atoms with Gasteiger partial charge in [-0.2, -0.15) is 0 Å². The highest BCUT2D eigenvalue weighted by Crippen LogP contribution is 2.48. The van der Waals surface area contributed by atoms with Crippen molar-refractivity contribution in [2.24, 2.45) is 0 Å². The van der Waals surface area contributed by atoms with Gasteiger partial charge in [0.1, 0.15) is 0 Å². The van der Waals surface area contributed by atoms with Crippen LogP contribution in [0.15, 0.2) is 0 Å². The molecule has 26 heavy (non-hydrogen) atoms. The molecule has 0 bridgehead atoms. The molecule has 158 valence electrons. The molecule has 0 radical (unpaired) electrons. The Balaban J connectivity index is 4.04. The standard InChI is InChI=1S/C24H51OP/c1-4-7-10-13-16-19-22-26(25,23-20-17-14-11-8-5-2)24-21-18-15-12-9-6-3/h4-24H2,1-3H3. The van der Waals surface area contributed by atoms with Crippen molar-refractivity contribution in [3.05, 3.63) is 0 Å². The highest BCUT2D eigenvalue weighted by atomic mass is 31.2. The van der Waals surface area contributed by atoms with E-state index in [1.807, 2.05) is 0 Å². The molecule has 0 heterocycles. The van der Waals surface area contributed by atoms with Gasteiger partial charge in [0.05, 0.1) is 7.14 Å². The maximum Gasteiger partial charge on any atom is 0.0877 e. The van der Waals surface area contributed by atoms with Crippen LogP contribution in [-0.4, -0.2) is 18.5 Å². The van der Waals surface area contributed by atoms with Crippen LogP contribution in [0.3, 0.4) is 0 Å². The summed E-state index contributed by atoms with van der Waals surface area (Å²) in [6.07, 6.45) is 26.9. The lowest BCUT2D eigenvalue weighted by atomic mass is 10.1. The molecule has 0 N–H and O–H groups in total. The van der Waals surface area contributed by atoms with Crippen LogP contribution >= 0.6 is 7.14 Å². The molecule has 0 aromatic rings. The van der Waals surface area contributed by atoms with Crippen LogP contribution in [0, 0.1) is 0 Å². The molecule has 0 saturated heterocycles. The van der Waals surface area contributed by atoms with E-state index in [2.05, 4.69) is 20.8 Å². The molecule has 0 aliphatic rings. The van der Waals surface area contributed by atoms with E-state index in [-0.39, 0.29) is 0 Å². The largest absolute Gasteiger partial charge is 0.324 e. The zero-order valence-electron chi connectivity index (χ0n) is 18.7. The van der Waals surface area contributed by atoms with Gasteiger partial charge in [-0.05, 0) is 19.3 Å². The van der Waals surface area contributed by atoms with Crippen molar-refractivity contribution in [2.45, 2.75) is 136 Å². The Morgan fingerprint density at radius 1 is 0.385 bits per heavy atom. The second-order valence-corrected chi connectivity index (χ2v) is 12.0. The summed E-state index contributed by atoms with van der Waals surface area (Å²) in [6.45, 7) is 6.82. The average Bonchev–Trinajstić information content (AvgIpc) is 2.64. The zero-order valence-corrected chi connectivity index (χ0v) is 19.6. The lowest BCUT2D eigenvalue weighted by Crippen LogP contribution is -2.02. The quantitative estimate of drug-likeness (QED) is 0.142. The number of hydrogen-bond donors (Lipinski definition) is 0. The summed E-state index contributed by atoms with van der Waals surface area (Å²) in [6, 6.07) is 0. The van der Waals surface area contributed by atoms with Crippen LogP contribution in [0.4, 0.5) is 0 Å². The van der Waals surface area contributed by atoms with Crippen molar-refractivity contribution in [3.63, 3.8) is 0 Å². The van der Waals surface area contributed by atoms with Crippen molar-refractivity contribution in [2.75, 3.05) is 18.5 Å². The Morgan fingerprint density at radius 2 is 0.615 bits per heavy atom. The second-order valence-electron chi connectivity index (χ2n) is 8.53. The molecule has 0 aliphatic heterocycles. The van der Waals surface area contributed by atoms with Gasteiger partial charge < -0.3 is 4.57 Å². The van der Waals surface area contributed by atoms with Gasteiger partial charge in [-0.1, -0.05) is 117 Å². The van der Waals surface area contributed by atoms with Crippen molar-refractivity contribution in [1.29, 1.82) is 0 Å². The minimum absolute atomic E-state index is 1.04. The highest BCUT2D eigenvalue weighted by molar-refractivity contribution is 7.63. The molecule has 2 heteroatoms. The van der Waals surface area contributed by atoms with Crippen LogP contribution in [0.5, 0.6) is 0 Å². The van der Waals surface area contributed by atoms with Crippen molar-refractivity contribution < 1.29 is 4.57 Å². The number of unbranched alkanes of at least 4 members (excludes halogenated alkanes) is 15. The lowest BCUT2D eigenvalue weighted by Gasteiger charge is -2.18. The fraction of sp³-hybridized carbons (Fsp3) is 1.00. The highest BCUT2D eigenvalue weighted by Gasteiger charge is 2.20. The molecule has 0 atom stereocenters. The summed E-state index contributed by atoms with van der Waals surface area (Å²) >= 11 is 0.